The molecule has 1 aromatic carbocycles. The lowest BCUT2D eigenvalue weighted by Gasteiger charge is -2.34. The summed E-state index contributed by atoms with van der Waals surface area (Å²) >= 11 is 12.2. The summed E-state index contributed by atoms with van der Waals surface area (Å²) in [7, 11) is 0. The summed E-state index contributed by atoms with van der Waals surface area (Å²) in [6.07, 6.45) is 10.2. The molecular weight excluding hydrogens is 529 g/mol. The van der Waals surface area contributed by atoms with Crippen LogP contribution in [0.1, 0.15) is 44.8 Å². The van der Waals surface area contributed by atoms with E-state index in [-0.39, 0.29) is 30.3 Å². The Hall–Kier alpha value is -2.81. The minimum atomic E-state index is -1.27. The zero-order valence-corrected chi connectivity index (χ0v) is 22.4. The Bertz CT molecular complexity index is 1310. The smallest absolute Gasteiger partial charge is 0.246 e. The Morgan fingerprint density at radius 2 is 1.87 bits per heavy atom. The number of nitrogens with zero attached hydrogens (tertiary/aromatic N) is 1. The summed E-state index contributed by atoms with van der Waals surface area (Å²) in [5, 5.41) is 6.73. The van der Waals surface area contributed by atoms with Gasteiger partial charge in [-0.2, -0.15) is 0 Å². The largest absolute Gasteiger partial charge is 0.467 e. The second-order valence-corrected chi connectivity index (χ2v) is 11.7. The minimum Gasteiger partial charge on any atom is -0.467 e. The van der Waals surface area contributed by atoms with Crippen LogP contribution in [0, 0.1) is 11.8 Å². The summed E-state index contributed by atoms with van der Waals surface area (Å²) in [6.45, 7) is 1.89. The third-order valence-corrected chi connectivity index (χ3v) is 9.11. The predicted octanol–water partition coefficient (Wildman–Crippen LogP) is 4.71. The number of nitrogens with one attached hydrogen (secondary N) is 2. The Kier molecular flexibility index (Phi) is 6.32. The van der Waals surface area contributed by atoms with Crippen LogP contribution in [-0.4, -0.2) is 45.9 Å². The molecule has 1 aliphatic carbocycles. The molecule has 4 aliphatic rings. The first-order valence-corrected chi connectivity index (χ1v) is 13.8. The van der Waals surface area contributed by atoms with E-state index >= 15 is 0 Å². The van der Waals surface area contributed by atoms with Crippen LogP contribution in [0.3, 0.4) is 0 Å². The second kappa shape index (κ2) is 9.43. The van der Waals surface area contributed by atoms with Crippen LogP contribution in [0.15, 0.2) is 53.2 Å². The Labute approximate surface area is 230 Å². The van der Waals surface area contributed by atoms with Gasteiger partial charge in [0.2, 0.25) is 17.7 Å². The van der Waals surface area contributed by atoms with Crippen molar-refractivity contribution < 1.29 is 23.5 Å². The van der Waals surface area contributed by atoms with Crippen molar-refractivity contribution in [3.8, 4) is 0 Å². The zero-order chi connectivity index (χ0) is 26.7. The average molecular weight is 558 g/mol. The van der Waals surface area contributed by atoms with Crippen LogP contribution < -0.4 is 10.6 Å². The number of anilines is 1. The summed E-state index contributed by atoms with van der Waals surface area (Å²) in [5.74, 6) is -2.15. The van der Waals surface area contributed by atoms with E-state index in [1.807, 2.05) is 12.2 Å². The van der Waals surface area contributed by atoms with Gasteiger partial charge in [0.05, 0.1) is 40.3 Å². The van der Waals surface area contributed by atoms with Crippen LogP contribution in [-0.2, 0) is 25.7 Å². The summed E-state index contributed by atoms with van der Waals surface area (Å²) in [6, 6.07) is 7.42. The summed E-state index contributed by atoms with van der Waals surface area (Å²) in [4.78, 5) is 43.2. The number of hydrogen-bond donors (Lipinski definition) is 2. The maximum absolute atomic E-state index is 14.1. The number of benzene rings is 1. The van der Waals surface area contributed by atoms with Gasteiger partial charge in [0.15, 0.2) is 0 Å². The van der Waals surface area contributed by atoms with E-state index in [4.69, 9.17) is 32.4 Å². The highest BCUT2D eigenvalue weighted by atomic mass is 35.5. The van der Waals surface area contributed by atoms with Gasteiger partial charge in [-0.3, -0.25) is 14.4 Å². The molecule has 38 heavy (non-hydrogen) atoms. The number of hydrogen-bond acceptors (Lipinski definition) is 5. The first kappa shape index (κ1) is 25.5. The van der Waals surface area contributed by atoms with Gasteiger partial charge >= 0.3 is 0 Å². The molecule has 1 spiro atoms. The third kappa shape index (κ3) is 4.05. The highest BCUT2D eigenvalue weighted by molar-refractivity contribution is 6.42. The molecule has 200 valence electrons. The fraction of sp³-hybridized carbons (Fsp3) is 0.464. The fourth-order valence-corrected chi connectivity index (χ4v) is 6.99. The van der Waals surface area contributed by atoms with Gasteiger partial charge in [0.25, 0.3) is 0 Å². The Morgan fingerprint density at radius 3 is 2.58 bits per heavy atom. The number of rotatable bonds is 6. The van der Waals surface area contributed by atoms with Crippen LogP contribution in [0.5, 0.6) is 0 Å². The van der Waals surface area contributed by atoms with Crippen molar-refractivity contribution in [2.45, 2.75) is 68.9 Å². The maximum atomic E-state index is 14.1. The van der Waals surface area contributed by atoms with Crippen molar-refractivity contribution in [1.29, 1.82) is 0 Å². The van der Waals surface area contributed by atoms with Crippen molar-refractivity contribution in [1.82, 2.24) is 10.2 Å². The van der Waals surface area contributed by atoms with Crippen molar-refractivity contribution in [3.63, 3.8) is 0 Å². The standard InChI is InChI=1S/C28H29Cl2N3O5/c1-27-11-12-28(38-27)22(21(27)24(34)32-17-9-10-19(29)20(30)14-17)26(36)33(15-18-8-5-13-37-18)23(28)25(35)31-16-6-3-2-4-7-16/h5,8-14,16,21-23H,2-4,6-7,15H2,1H3,(H,31,35)(H,32,34)/t21-,22-,23-,27-,28+/m1/s1. The van der Waals surface area contributed by atoms with Crippen molar-refractivity contribution >= 4 is 46.6 Å². The Balaban J connectivity index is 1.34. The summed E-state index contributed by atoms with van der Waals surface area (Å²) < 4.78 is 12.1. The molecule has 2 N–H and O–H groups in total. The van der Waals surface area contributed by atoms with Crippen LogP contribution in [0.4, 0.5) is 5.69 Å². The second-order valence-electron chi connectivity index (χ2n) is 10.8. The van der Waals surface area contributed by atoms with E-state index in [9.17, 15) is 14.4 Å². The van der Waals surface area contributed by atoms with Crippen molar-refractivity contribution in [3.05, 3.63) is 64.6 Å². The van der Waals surface area contributed by atoms with Gasteiger partial charge in [-0.25, -0.2) is 0 Å². The molecule has 0 unspecified atom stereocenters. The normalized spacial score (nSPS) is 32.0. The Morgan fingerprint density at radius 1 is 1.08 bits per heavy atom. The molecule has 8 nitrogen and oxygen atoms in total. The molecule has 2 aromatic rings. The highest BCUT2D eigenvalue weighted by Crippen LogP contribution is 2.60. The number of likely N-dealkylation sites (tertiary alicyclic amines) is 1. The minimum absolute atomic E-state index is 0.0548. The molecule has 2 bridgehead atoms. The van der Waals surface area contributed by atoms with Crippen LogP contribution in [0.2, 0.25) is 10.0 Å². The molecule has 2 saturated heterocycles. The van der Waals surface area contributed by atoms with E-state index in [2.05, 4.69) is 10.6 Å². The average Bonchev–Trinajstić information content (AvgIpc) is 3.62. The van der Waals surface area contributed by atoms with Gasteiger partial charge in [-0.15, -0.1) is 0 Å². The summed E-state index contributed by atoms with van der Waals surface area (Å²) in [5.41, 5.74) is -1.87. The predicted molar refractivity (Wildman–Crippen MR) is 141 cm³/mol. The van der Waals surface area contributed by atoms with Gasteiger partial charge < -0.3 is 24.7 Å². The molecule has 0 radical (unpaired) electrons. The number of halogens is 2. The van der Waals surface area contributed by atoms with Crippen molar-refractivity contribution in [2.75, 3.05) is 5.32 Å². The monoisotopic (exact) mass is 557 g/mol. The highest BCUT2D eigenvalue weighted by Gasteiger charge is 2.76. The van der Waals surface area contributed by atoms with Crippen LogP contribution >= 0.6 is 23.2 Å². The molecule has 3 aliphatic heterocycles. The van der Waals surface area contributed by atoms with Crippen LogP contribution in [0.25, 0.3) is 0 Å². The third-order valence-electron chi connectivity index (χ3n) is 8.37. The van der Waals surface area contributed by atoms with E-state index in [1.54, 1.807) is 37.3 Å². The molecule has 1 aromatic heterocycles. The lowest BCUT2D eigenvalue weighted by Crippen LogP contribution is -2.56. The topological polar surface area (TPSA) is 101 Å². The number of fused-ring (bicyclic) bond motifs is 1. The molecule has 5 atom stereocenters. The molecule has 1 saturated carbocycles. The number of furan rings is 1. The number of ether oxygens (including phenoxy) is 1. The molecular formula is C28H29Cl2N3O5. The molecule has 4 heterocycles. The first-order chi connectivity index (χ1) is 18.2. The maximum Gasteiger partial charge on any atom is 0.246 e. The van der Waals surface area contributed by atoms with Gasteiger partial charge in [0.1, 0.15) is 17.4 Å². The fourth-order valence-electron chi connectivity index (χ4n) is 6.69. The van der Waals surface area contributed by atoms with Crippen molar-refractivity contribution in [2.24, 2.45) is 11.8 Å². The molecule has 3 fully saturated rings. The number of amides is 3. The number of carbonyl (C=O) groups is 3. The molecule has 3 amide bonds. The van der Waals surface area contributed by atoms with E-state index < -0.39 is 29.1 Å². The molecule has 10 heteroatoms. The quantitative estimate of drug-likeness (QED) is 0.500. The molecule has 6 rings (SSSR count). The van der Waals surface area contributed by atoms with E-state index in [0.717, 1.165) is 32.1 Å². The lowest BCUT2D eigenvalue weighted by atomic mass is 9.70. The lowest BCUT2D eigenvalue weighted by molar-refractivity contribution is -0.145. The first-order valence-electron chi connectivity index (χ1n) is 13.0. The van der Waals surface area contributed by atoms with Gasteiger partial charge in [-0.1, -0.05) is 54.6 Å². The van der Waals surface area contributed by atoms with E-state index in [0.29, 0.717) is 21.5 Å². The SMILES string of the molecule is C[C@]12C=C[C@]3(O1)[C@@H](C(=O)N(Cc1ccco1)[C@@H]3C(=O)NC1CCCCC1)[C@@H]2C(=O)Nc1ccc(Cl)c(Cl)c1. The zero-order valence-electron chi connectivity index (χ0n) is 20.9. The van der Waals surface area contributed by atoms with Gasteiger partial charge in [0, 0.05) is 11.7 Å². The number of carbonyl (C=O) groups excluding carboxylic acids is 3. The van der Waals surface area contributed by atoms with E-state index in [1.165, 1.54) is 11.2 Å². The van der Waals surface area contributed by atoms with Gasteiger partial charge in [-0.05, 0) is 50.1 Å².